The van der Waals surface area contributed by atoms with Crippen LogP contribution in [0.4, 0.5) is 5.69 Å². The van der Waals surface area contributed by atoms with Crippen LogP contribution >= 0.6 is 11.6 Å². The third-order valence-corrected chi connectivity index (χ3v) is 3.78. The van der Waals surface area contributed by atoms with Gasteiger partial charge in [0, 0.05) is 16.8 Å². The summed E-state index contributed by atoms with van der Waals surface area (Å²) in [4.78, 5) is 23.5. The number of esters is 1. The van der Waals surface area contributed by atoms with Gasteiger partial charge in [-0.1, -0.05) is 41.9 Å². The molecule has 0 aliphatic carbocycles. The van der Waals surface area contributed by atoms with E-state index in [1.54, 1.807) is 18.2 Å². The van der Waals surface area contributed by atoms with Crippen molar-refractivity contribution in [3.8, 4) is 0 Å². The average molecular weight is 344 g/mol. The Balaban J connectivity index is 1.84. The molecule has 2 rings (SSSR count). The monoisotopic (exact) mass is 343 g/mol. The van der Waals surface area contributed by atoms with E-state index >= 15 is 0 Å². The molecule has 0 radical (unpaired) electrons. The van der Waals surface area contributed by atoms with Crippen LogP contribution < -0.4 is 5.32 Å². The van der Waals surface area contributed by atoms with Gasteiger partial charge in [0.15, 0.2) is 6.61 Å². The van der Waals surface area contributed by atoms with E-state index in [2.05, 4.69) is 5.32 Å². The molecule has 0 aromatic heterocycles. The molecule has 0 saturated carbocycles. The molecule has 0 saturated heterocycles. The van der Waals surface area contributed by atoms with Gasteiger partial charge in [-0.3, -0.25) is 4.79 Å². The maximum Gasteiger partial charge on any atom is 0.331 e. The fourth-order valence-corrected chi connectivity index (χ4v) is 2.15. The fraction of sp³-hybridized carbons (Fsp3) is 0.158. The van der Waals surface area contributed by atoms with Crippen molar-refractivity contribution in [3.05, 3.63) is 70.3 Å². The second-order valence-corrected chi connectivity index (χ2v) is 5.72. The molecule has 0 atom stereocenters. The minimum atomic E-state index is -0.591. The van der Waals surface area contributed by atoms with Crippen molar-refractivity contribution in [2.75, 3.05) is 11.9 Å². The number of anilines is 1. The van der Waals surface area contributed by atoms with Gasteiger partial charge in [-0.05, 0) is 48.7 Å². The van der Waals surface area contributed by atoms with Crippen LogP contribution in [0.15, 0.2) is 48.5 Å². The topological polar surface area (TPSA) is 55.4 Å². The highest BCUT2D eigenvalue weighted by Gasteiger charge is 2.07. The minimum Gasteiger partial charge on any atom is -0.452 e. The van der Waals surface area contributed by atoms with Crippen molar-refractivity contribution in [3.63, 3.8) is 0 Å². The largest absolute Gasteiger partial charge is 0.452 e. The zero-order chi connectivity index (χ0) is 17.5. The quantitative estimate of drug-likeness (QED) is 0.655. The number of nitrogens with one attached hydrogen (secondary N) is 1. The van der Waals surface area contributed by atoms with Crippen molar-refractivity contribution in [1.82, 2.24) is 0 Å². The van der Waals surface area contributed by atoms with Gasteiger partial charge in [0.2, 0.25) is 0 Å². The number of para-hydroxylation sites is 1. The molecule has 4 nitrogen and oxygen atoms in total. The molecule has 24 heavy (non-hydrogen) atoms. The molecule has 0 unspecified atom stereocenters. The van der Waals surface area contributed by atoms with Crippen LogP contribution in [0.2, 0.25) is 5.02 Å². The summed E-state index contributed by atoms with van der Waals surface area (Å²) in [7, 11) is 0. The lowest BCUT2D eigenvalue weighted by Crippen LogP contribution is -2.20. The van der Waals surface area contributed by atoms with Crippen molar-refractivity contribution in [2.24, 2.45) is 0 Å². The van der Waals surface area contributed by atoms with Gasteiger partial charge in [-0.15, -0.1) is 0 Å². The van der Waals surface area contributed by atoms with Gasteiger partial charge in [0.25, 0.3) is 5.91 Å². The van der Waals surface area contributed by atoms with Crippen molar-refractivity contribution >= 4 is 35.2 Å². The molecule has 0 heterocycles. The molecule has 0 aliphatic rings. The Kier molecular flexibility index (Phi) is 6.15. The standard InChI is InChI=1S/C19H18ClNO3/c1-13-7-8-15(11-16(13)20)9-10-19(23)24-12-18(22)21-17-6-4-3-5-14(17)2/h3-11H,12H2,1-2H3,(H,21,22)/b10-9+. The Morgan fingerprint density at radius 1 is 1.12 bits per heavy atom. The molecular weight excluding hydrogens is 326 g/mol. The Bertz CT molecular complexity index is 784. The minimum absolute atomic E-state index is 0.341. The molecule has 0 spiro atoms. The summed E-state index contributed by atoms with van der Waals surface area (Å²) >= 11 is 6.02. The van der Waals surface area contributed by atoms with E-state index in [4.69, 9.17) is 16.3 Å². The predicted molar refractivity (Wildman–Crippen MR) is 96.0 cm³/mol. The predicted octanol–water partition coefficient (Wildman–Crippen LogP) is 4.15. The van der Waals surface area contributed by atoms with Gasteiger partial charge in [0.1, 0.15) is 0 Å². The summed E-state index contributed by atoms with van der Waals surface area (Å²) in [6, 6.07) is 12.8. The second-order valence-electron chi connectivity index (χ2n) is 5.31. The Hall–Kier alpha value is -2.59. The molecule has 0 aliphatic heterocycles. The Labute approximate surface area is 146 Å². The second kappa shape index (κ2) is 8.31. The lowest BCUT2D eigenvalue weighted by atomic mass is 10.1. The van der Waals surface area contributed by atoms with E-state index in [9.17, 15) is 9.59 Å². The fourth-order valence-electron chi connectivity index (χ4n) is 1.96. The van der Waals surface area contributed by atoms with E-state index in [0.29, 0.717) is 10.7 Å². The number of ether oxygens (including phenoxy) is 1. The Morgan fingerprint density at radius 3 is 2.58 bits per heavy atom. The summed E-state index contributed by atoms with van der Waals surface area (Å²) in [5.41, 5.74) is 3.38. The number of hydrogen-bond donors (Lipinski definition) is 1. The van der Waals surface area contributed by atoms with Gasteiger partial charge in [-0.25, -0.2) is 4.79 Å². The molecule has 2 aromatic carbocycles. The Morgan fingerprint density at radius 2 is 1.88 bits per heavy atom. The molecule has 0 bridgehead atoms. The van der Waals surface area contributed by atoms with Crippen LogP contribution in [0.3, 0.4) is 0 Å². The molecule has 2 aromatic rings. The first-order valence-electron chi connectivity index (χ1n) is 7.42. The third kappa shape index (κ3) is 5.25. The average Bonchev–Trinajstić information content (AvgIpc) is 2.56. The number of rotatable bonds is 5. The van der Waals surface area contributed by atoms with E-state index < -0.39 is 5.97 Å². The zero-order valence-electron chi connectivity index (χ0n) is 13.5. The smallest absolute Gasteiger partial charge is 0.331 e. The number of halogens is 1. The summed E-state index contributed by atoms with van der Waals surface area (Å²) in [5, 5.41) is 3.32. The highest BCUT2D eigenvalue weighted by molar-refractivity contribution is 6.31. The summed E-state index contributed by atoms with van der Waals surface area (Å²) in [5.74, 6) is -0.976. The van der Waals surface area contributed by atoms with Crippen LogP contribution in [0.5, 0.6) is 0 Å². The summed E-state index contributed by atoms with van der Waals surface area (Å²) < 4.78 is 4.92. The van der Waals surface area contributed by atoms with Crippen molar-refractivity contribution in [2.45, 2.75) is 13.8 Å². The number of amides is 1. The maximum absolute atomic E-state index is 11.8. The zero-order valence-corrected chi connectivity index (χ0v) is 14.3. The molecule has 0 fully saturated rings. The normalized spacial score (nSPS) is 10.6. The number of benzene rings is 2. The van der Waals surface area contributed by atoms with Crippen LogP contribution in [0, 0.1) is 13.8 Å². The number of carbonyl (C=O) groups excluding carboxylic acids is 2. The first-order chi connectivity index (χ1) is 11.5. The first-order valence-corrected chi connectivity index (χ1v) is 7.80. The van der Waals surface area contributed by atoms with Crippen LogP contribution in [0.1, 0.15) is 16.7 Å². The summed E-state index contributed by atoms with van der Waals surface area (Å²) in [6.45, 7) is 3.44. The number of aryl methyl sites for hydroxylation is 2. The molecule has 1 N–H and O–H groups in total. The third-order valence-electron chi connectivity index (χ3n) is 3.37. The first kappa shape index (κ1) is 17.8. The summed E-state index contributed by atoms with van der Waals surface area (Å²) in [6.07, 6.45) is 2.86. The molecule has 5 heteroatoms. The molecular formula is C19H18ClNO3. The maximum atomic E-state index is 11.8. The van der Waals surface area contributed by atoms with E-state index in [1.165, 1.54) is 6.08 Å². The van der Waals surface area contributed by atoms with Crippen LogP contribution in [0.25, 0.3) is 6.08 Å². The van der Waals surface area contributed by atoms with E-state index in [1.807, 2.05) is 44.2 Å². The van der Waals surface area contributed by atoms with Gasteiger partial charge in [0.05, 0.1) is 0 Å². The molecule has 1 amide bonds. The van der Waals surface area contributed by atoms with Crippen molar-refractivity contribution < 1.29 is 14.3 Å². The number of hydrogen-bond acceptors (Lipinski definition) is 3. The SMILES string of the molecule is Cc1ccc(/C=C/C(=O)OCC(=O)Nc2ccccc2C)cc1Cl. The lowest BCUT2D eigenvalue weighted by Gasteiger charge is -2.07. The number of carbonyl (C=O) groups is 2. The molecule has 124 valence electrons. The van der Waals surface area contributed by atoms with Crippen LogP contribution in [-0.2, 0) is 14.3 Å². The van der Waals surface area contributed by atoms with Gasteiger partial charge in [-0.2, -0.15) is 0 Å². The van der Waals surface area contributed by atoms with Gasteiger partial charge >= 0.3 is 5.97 Å². The highest BCUT2D eigenvalue weighted by atomic mass is 35.5. The van der Waals surface area contributed by atoms with E-state index in [-0.39, 0.29) is 12.5 Å². The van der Waals surface area contributed by atoms with E-state index in [0.717, 1.165) is 16.7 Å². The highest BCUT2D eigenvalue weighted by Crippen LogP contribution is 2.17. The lowest BCUT2D eigenvalue weighted by molar-refractivity contribution is -0.142. The van der Waals surface area contributed by atoms with Crippen molar-refractivity contribution in [1.29, 1.82) is 0 Å². The van der Waals surface area contributed by atoms with Gasteiger partial charge < -0.3 is 10.1 Å². The van der Waals surface area contributed by atoms with Crippen LogP contribution in [-0.4, -0.2) is 18.5 Å².